The molecule has 2 aromatic heterocycles. The van der Waals surface area contributed by atoms with E-state index in [1.54, 1.807) is 11.3 Å². The highest BCUT2D eigenvalue weighted by Gasteiger charge is 2.33. The van der Waals surface area contributed by atoms with Crippen LogP contribution < -0.4 is 4.57 Å². The number of fused-ring (bicyclic) bond motifs is 2. The van der Waals surface area contributed by atoms with Gasteiger partial charge in [0.25, 0.3) is 5.82 Å². The van der Waals surface area contributed by atoms with Crippen molar-refractivity contribution in [3.05, 3.63) is 47.5 Å². The third kappa shape index (κ3) is 2.17. The first-order valence-corrected chi connectivity index (χ1v) is 9.96. The Balaban J connectivity index is 1.92. The van der Waals surface area contributed by atoms with Crippen LogP contribution in [0.5, 0.6) is 0 Å². The van der Waals surface area contributed by atoms with Gasteiger partial charge < -0.3 is 0 Å². The van der Waals surface area contributed by atoms with Crippen molar-refractivity contribution in [3.63, 3.8) is 0 Å². The normalized spacial score (nSPS) is 15.6. The van der Waals surface area contributed by atoms with Gasteiger partial charge in [0.1, 0.15) is 6.04 Å². The van der Waals surface area contributed by atoms with E-state index in [1.807, 2.05) is 5.51 Å². The van der Waals surface area contributed by atoms with Gasteiger partial charge in [0.15, 0.2) is 11.0 Å². The maximum absolute atomic E-state index is 4.73. The highest BCUT2D eigenvalue weighted by molar-refractivity contribution is 7.16. The highest BCUT2D eigenvalue weighted by atomic mass is 32.1. The van der Waals surface area contributed by atoms with Crippen LogP contribution in [0.1, 0.15) is 37.3 Å². The van der Waals surface area contributed by atoms with Crippen LogP contribution >= 0.6 is 11.3 Å². The number of imidazole rings is 1. The number of hydrogen-bond acceptors (Lipinski definition) is 2. The van der Waals surface area contributed by atoms with Gasteiger partial charge in [-0.05, 0) is 56.4 Å². The molecule has 0 N–H and O–H groups in total. The van der Waals surface area contributed by atoms with Crippen molar-refractivity contribution in [3.8, 4) is 11.4 Å². The van der Waals surface area contributed by atoms with E-state index in [0.29, 0.717) is 6.04 Å². The number of hydrogen-bond donors (Lipinski definition) is 0. The van der Waals surface area contributed by atoms with E-state index >= 15 is 0 Å². The molecule has 4 heteroatoms. The maximum atomic E-state index is 4.73. The summed E-state index contributed by atoms with van der Waals surface area (Å²) in [7, 11) is 2.20. The smallest absolute Gasteiger partial charge is 0.244 e. The van der Waals surface area contributed by atoms with E-state index < -0.39 is 0 Å². The van der Waals surface area contributed by atoms with Crippen molar-refractivity contribution >= 4 is 32.6 Å². The van der Waals surface area contributed by atoms with Crippen LogP contribution in [0.15, 0.2) is 41.9 Å². The summed E-state index contributed by atoms with van der Waals surface area (Å²) in [5.41, 5.74) is 8.36. The Morgan fingerprint density at radius 3 is 2.76 bits per heavy atom. The molecule has 0 amide bonds. The number of nitrogens with zero attached hydrogens (tertiary/aromatic N) is 3. The monoisotopic (exact) mass is 348 g/mol. The Labute approximate surface area is 151 Å². The minimum absolute atomic E-state index is 0.592. The van der Waals surface area contributed by atoms with Gasteiger partial charge in [-0.2, -0.15) is 0 Å². The van der Waals surface area contributed by atoms with Crippen LogP contribution in [-0.4, -0.2) is 9.55 Å². The van der Waals surface area contributed by atoms with Crippen molar-refractivity contribution in [2.24, 2.45) is 7.05 Å². The van der Waals surface area contributed by atoms with E-state index in [9.17, 15) is 0 Å². The van der Waals surface area contributed by atoms with Crippen LogP contribution in [0.25, 0.3) is 32.6 Å². The standard InChI is InChI=1S/C21H22N3S/c1-14-11-12-18-20(22-13-25-18)19(14)21-23(2)16-9-5-6-10-17(16)24(21)15-7-3-4-8-15/h5-6,9-13,15H,3-4,7-8H2,1-2H3/q+1. The maximum Gasteiger partial charge on any atom is 0.292 e. The summed E-state index contributed by atoms with van der Waals surface area (Å²) in [5.74, 6) is 1.31. The molecule has 2 heterocycles. The zero-order chi connectivity index (χ0) is 17.0. The van der Waals surface area contributed by atoms with Gasteiger partial charge in [0.05, 0.1) is 28.3 Å². The van der Waals surface area contributed by atoms with Crippen LogP contribution in [0.4, 0.5) is 0 Å². The quantitative estimate of drug-likeness (QED) is 0.458. The Morgan fingerprint density at radius 1 is 1.12 bits per heavy atom. The van der Waals surface area contributed by atoms with Gasteiger partial charge in [-0.25, -0.2) is 14.1 Å². The summed E-state index contributed by atoms with van der Waals surface area (Å²) in [6.45, 7) is 2.21. The van der Waals surface area contributed by atoms with E-state index in [0.717, 1.165) is 5.52 Å². The van der Waals surface area contributed by atoms with E-state index in [4.69, 9.17) is 4.98 Å². The molecule has 0 unspecified atom stereocenters. The zero-order valence-electron chi connectivity index (χ0n) is 14.7. The van der Waals surface area contributed by atoms with Crippen molar-refractivity contribution in [2.75, 3.05) is 0 Å². The highest BCUT2D eigenvalue weighted by Crippen LogP contribution is 2.39. The summed E-state index contributed by atoms with van der Waals surface area (Å²) < 4.78 is 6.24. The minimum Gasteiger partial charge on any atom is -0.244 e. The van der Waals surface area contributed by atoms with Gasteiger partial charge in [0, 0.05) is 0 Å². The van der Waals surface area contributed by atoms with Crippen molar-refractivity contribution in [2.45, 2.75) is 38.6 Å². The minimum atomic E-state index is 0.592. The fourth-order valence-electron chi connectivity index (χ4n) is 4.48. The van der Waals surface area contributed by atoms with E-state index in [2.05, 4.69) is 59.5 Å². The number of thiazole rings is 1. The van der Waals surface area contributed by atoms with Crippen LogP contribution in [0, 0.1) is 6.92 Å². The Morgan fingerprint density at radius 2 is 1.92 bits per heavy atom. The van der Waals surface area contributed by atoms with Crippen LogP contribution in [0.2, 0.25) is 0 Å². The summed E-state index contributed by atoms with van der Waals surface area (Å²) >= 11 is 1.73. The number of rotatable bonds is 2. The number of benzene rings is 2. The number of aryl methyl sites for hydroxylation is 2. The third-order valence-corrected chi connectivity index (χ3v) is 6.47. The molecule has 0 bridgehead atoms. The molecule has 4 aromatic rings. The SMILES string of the molecule is Cc1ccc2scnc2c1-c1n(C2CCCC2)c2ccccc2[n+]1C. The molecule has 1 aliphatic rings. The molecule has 1 fully saturated rings. The number of aromatic nitrogens is 3. The molecule has 0 aliphatic heterocycles. The summed E-state index contributed by atoms with van der Waals surface area (Å²) in [6, 6.07) is 13.8. The topological polar surface area (TPSA) is 21.7 Å². The van der Waals surface area contributed by atoms with Gasteiger partial charge in [0.2, 0.25) is 0 Å². The van der Waals surface area contributed by atoms with Gasteiger partial charge in [-0.15, -0.1) is 11.3 Å². The van der Waals surface area contributed by atoms with E-state index in [-0.39, 0.29) is 0 Å². The van der Waals surface area contributed by atoms with Gasteiger partial charge in [-0.3, -0.25) is 0 Å². The molecule has 0 spiro atoms. The average molecular weight is 348 g/mol. The molecule has 5 rings (SSSR count). The lowest BCUT2D eigenvalue weighted by molar-refractivity contribution is -0.634. The van der Waals surface area contributed by atoms with Gasteiger partial charge >= 0.3 is 0 Å². The average Bonchev–Trinajstić information content (AvgIpc) is 3.35. The predicted molar refractivity (Wildman–Crippen MR) is 104 cm³/mol. The molecule has 1 aliphatic carbocycles. The van der Waals surface area contributed by atoms with Gasteiger partial charge in [-0.1, -0.05) is 18.2 Å². The molecule has 0 saturated heterocycles. The van der Waals surface area contributed by atoms with Crippen LogP contribution in [-0.2, 0) is 7.05 Å². The first-order valence-electron chi connectivity index (χ1n) is 9.08. The molecule has 2 aromatic carbocycles. The number of para-hydroxylation sites is 2. The first kappa shape index (κ1) is 15.1. The molecular weight excluding hydrogens is 326 g/mol. The van der Waals surface area contributed by atoms with Crippen molar-refractivity contribution in [1.29, 1.82) is 0 Å². The third-order valence-electron chi connectivity index (χ3n) is 5.67. The van der Waals surface area contributed by atoms with Crippen molar-refractivity contribution < 1.29 is 4.57 Å². The second kappa shape index (κ2) is 5.67. The molecular formula is C21H22N3S+. The Hall–Kier alpha value is -2.20. The zero-order valence-corrected chi connectivity index (χ0v) is 15.5. The van der Waals surface area contributed by atoms with Crippen molar-refractivity contribution in [1.82, 2.24) is 9.55 Å². The second-order valence-electron chi connectivity index (χ2n) is 7.14. The fraction of sp³-hybridized carbons (Fsp3) is 0.333. The summed E-state index contributed by atoms with van der Waals surface area (Å²) in [4.78, 5) is 4.73. The second-order valence-corrected chi connectivity index (χ2v) is 8.02. The Kier molecular flexibility index (Phi) is 3.42. The lowest BCUT2D eigenvalue weighted by Crippen LogP contribution is -2.31. The summed E-state index contributed by atoms with van der Waals surface area (Å²) in [6.07, 6.45) is 5.22. The molecule has 0 radical (unpaired) electrons. The lowest BCUT2D eigenvalue weighted by Gasteiger charge is -2.12. The first-order chi connectivity index (χ1) is 12.3. The molecule has 25 heavy (non-hydrogen) atoms. The van der Waals surface area contributed by atoms with Crippen LogP contribution in [0.3, 0.4) is 0 Å². The largest absolute Gasteiger partial charge is 0.292 e. The Bertz CT molecular complexity index is 1080. The molecule has 3 nitrogen and oxygen atoms in total. The molecule has 0 atom stereocenters. The van der Waals surface area contributed by atoms with E-state index in [1.165, 1.54) is 58.4 Å². The fourth-order valence-corrected chi connectivity index (χ4v) is 5.16. The molecule has 126 valence electrons. The lowest BCUT2D eigenvalue weighted by atomic mass is 10.1. The summed E-state index contributed by atoms with van der Waals surface area (Å²) in [5, 5.41) is 0. The predicted octanol–water partition coefficient (Wildman–Crippen LogP) is 5.17. The molecule has 1 saturated carbocycles.